The van der Waals surface area contributed by atoms with Gasteiger partial charge < -0.3 is 19.5 Å². The van der Waals surface area contributed by atoms with E-state index in [4.69, 9.17) is 14.2 Å². The molecule has 100 valence electrons. The summed E-state index contributed by atoms with van der Waals surface area (Å²) < 4.78 is 16.2. The molecule has 1 aliphatic carbocycles. The van der Waals surface area contributed by atoms with Gasteiger partial charge in [-0.1, -0.05) is 6.07 Å². The lowest BCUT2D eigenvalue weighted by Crippen LogP contribution is -2.10. The van der Waals surface area contributed by atoms with Crippen molar-refractivity contribution in [3.8, 4) is 17.2 Å². The summed E-state index contributed by atoms with van der Waals surface area (Å²) in [6.07, 6.45) is 1.20. The number of hydrogen-bond donors (Lipinski definition) is 1. The summed E-state index contributed by atoms with van der Waals surface area (Å²) in [5.41, 5.74) is 1.22. The average molecular weight is 251 g/mol. The standard InChI is InChI=1S/C14H21NO3/c1-15-8-9-7-11(9)10-5-6-12(16-2)14(18-4)13(10)17-3/h5-6,9,11,15H,7-8H2,1-4H3. The molecule has 2 unspecified atom stereocenters. The Morgan fingerprint density at radius 2 is 1.83 bits per heavy atom. The van der Waals surface area contributed by atoms with Gasteiger partial charge in [-0.15, -0.1) is 0 Å². The predicted molar refractivity (Wildman–Crippen MR) is 70.9 cm³/mol. The topological polar surface area (TPSA) is 39.7 Å². The molecule has 18 heavy (non-hydrogen) atoms. The van der Waals surface area contributed by atoms with Crippen LogP contribution in [-0.2, 0) is 0 Å². The monoisotopic (exact) mass is 251 g/mol. The molecule has 0 spiro atoms. The molecule has 2 atom stereocenters. The second-order valence-electron chi connectivity index (χ2n) is 4.58. The van der Waals surface area contributed by atoms with Crippen molar-refractivity contribution in [2.24, 2.45) is 5.92 Å². The van der Waals surface area contributed by atoms with Crippen LogP contribution in [0.3, 0.4) is 0 Å². The van der Waals surface area contributed by atoms with Crippen molar-refractivity contribution >= 4 is 0 Å². The Morgan fingerprint density at radius 1 is 1.11 bits per heavy atom. The second kappa shape index (κ2) is 5.48. The minimum Gasteiger partial charge on any atom is -0.493 e. The first-order chi connectivity index (χ1) is 8.76. The van der Waals surface area contributed by atoms with Gasteiger partial charge in [0.1, 0.15) is 0 Å². The molecule has 0 radical (unpaired) electrons. The number of nitrogens with one attached hydrogen (secondary N) is 1. The molecule has 0 bridgehead atoms. The van der Waals surface area contributed by atoms with Gasteiger partial charge in [-0.3, -0.25) is 0 Å². The van der Waals surface area contributed by atoms with Crippen LogP contribution in [0.25, 0.3) is 0 Å². The lowest BCUT2D eigenvalue weighted by atomic mass is 10.1. The molecular weight excluding hydrogens is 230 g/mol. The highest BCUT2D eigenvalue weighted by molar-refractivity contribution is 5.57. The molecular formula is C14H21NO3. The SMILES string of the molecule is CNCC1CC1c1ccc(OC)c(OC)c1OC. The first-order valence-electron chi connectivity index (χ1n) is 6.20. The van der Waals surface area contributed by atoms with Crippen LogP contribution in [0.15, 0.2) is 12.1 Å². The van der Waals surface area contributed by atoms with Gasteiger partial charge in [-0.05, 0) is 37.9 Å². The quantitative estimate of drug-likeness (QED) is 0.840. The summed E-state index contributed by atoms with van der Waals surface area (Å²) in [7, 11) is 6.94. The van der Waals surface area contributed by atoms with E-state index in [1.165, 1.54) is 12.0 Å². The van der Waals surface area contributed by atoms with Crippen molar-refractivity contribution in [1.29, 1.82) is 0 Å². The van der Waals surface area contributed by atoms with E-state index in [1.807, 2.05) is 13.1 Å². The van der Waals surface area contributed by atoms with Gasteiger partial charge in [0.25, 0.3) is 0 Å². The zero-order valence-corrected chi connectivity index (χ0v) is 11.4. The van der Waals surface area contributed by atoms with E-state index in [0.29, 0.717) is 23.3 Å². The predicted octanol–water partition coefficient (Wildman–Crippen LogP) is 2.04. The van der Waals surface area contributed by atoms with Gasteiger partial charge in [0, 0.05) is 5.56 Å². The maximum Gasteiger partial charge on any atom is 0.203 e. The van der Waals surface area contributed by atoms with Gasteiger partial charge in [0.2, 0.25) is 5.75 Å². The third-order valence-electron chi connectivity index (χ3n) is 3.52. The molecule has 0 aliphatic heterocycles. The smallest absolute Gasteiger partial charge is 0.203 e. The average Bonchev–Trinajstić information content (AvgIpc) is 3.16. The van der Waals surface area contributed by atoms with E-state index in [9.17, 15) is 0 Å². The summed E-state index contributed by atoms with van der Waals surface area (Å²) in [5.74, 6) is 3.46. The van der Waals surface area contributed by atoms with Crippen molar-refractivity contribution in [1.82, 2.24) is 5.32 Å². The van der Waals surface area contributed by atoms with Crippen LogP contribution < -0.4 is 19.5 Å². The van der Waals surface area contributed by atoms with Crippen molar-refractivity contribution in [2.75, 3.05) is 34.9 Å². The minimum atomic E-state index is 0.562. The Kier molecular flexibility index (Phi) is 3.97. The number of ether oxygens (including phenoxy) is 3. The van der Waals surface area contributed by atoms with Gasteiger partial charge >= 0.3 is 0 Å². The Morgan fingerprint density at radius 3 is 2.39 bits per heavy atom. The zero-order chi connectivity index (χ0) is 13.1. The molecule has 0 saturated heterocycles. The normalized spacial score (nSPS) is 21.6. The van der Waals surface area contributed by atoms with Crippen LogP contribution in [0.2, 0.25) is 0 Å². The lowest BCUT2D eigenvalue weighted by Gasteiger charge is -2.15. The molecule has 1 N–H and O–H groups in total. The van der Waals surface area contributed by atoms with Crippen molar-refractivity contribution in [3.63, 3.8) is 0 Å². The highest BCUT2D eigenvalue weighted by atomic mass is 16.5. The van der Waals surface area contributed by atoms with E-state index in [0.717, 1.165) is 12.3 Å². The van der Waals surface area contributed by atoms with Gasteiger partial charge in [-0.2, -0.15) is 0 Å². The fraction of sp³-hybridized carbons (Fsp3) is 0.571. The van der Waals surface area contributed by atoms with Gasteiger partial charge in [-0.25, -0.2) is 0 Å². The van der Waals surface area contributed by atoms with Crippen LogP contribution >= 0.6 is 0 Å². The molecule has 1 aromatic rings. The van der Waals surface area contributed by atoms with E-state index in [-0.39, 0.29) is 0 Å². The third-order valence-corrected chi connectivity index (χ3v) is 3.52. The minimum absolute atomic E-state index is 0.562. The number of hydrogen-bond acceptors (Lipinski definition) is 4. The molecule has 2 rings (SSSR count). The maximum absolute atomic E-state index is 5.51. The van der Waals surface area contributed by atoms with E-state index in [2.05, 4.69) is 11.4 Å². The number of rotatable bonds is 6. The summed E-state index contributed by atoms with van der Waals surface area (Å²) in [4.78, 5) is 0. The Labute approximate surface area is 108 Å². The number of benzene rings is 1. The van der Waals surface area contributed by atoms with Crippen LogP contribution in [0.1, 0.15) is 17.9 Å². The Balaban J connectivity index is 2.31. The first kappa shape index (κ1) is 13.0. The molecule has 1 aliphatic rings. The summed E-state index contributed by atoms with van der Waals surface area (Å²) in [6, 6.07) is 4.03. The number of methoxy groups -OCH3 is 3. The summed E-state index contributed by atoms with van der Waals surface area (Å²) >= 11 is 0. The lowest BCUT2D eigenvalue weighted by molar-refractivity contribution is 0.322. The van der Waals surface area contributed by atoms with Gasteiger partial charge in [0.05, 0.1) is 21.3 Å². The van der Waals surface area contributed by atoms with E-state index in [1.54, 1.807) is 21.3 Å². The molecule has 0 amide bonds. The van der Waals surface area contributed by atoms with E-state index >= 15 is 0 Å². The second-order valence-corrected chi connectivity index (χ2v) is 4.58. The zero-order valence-electron chi connectivity index (χ0n) is 11.4. The van der Waals surface area contributed by atoms with Crippen LogP contribution in [0.4, 0.5) is 0 Å². The van der Waals surface area contributed by atoms with Crippen molar-refractivity contribution < 1.29 is 14.2 Å². The molecule has 1 fully saturated rings. The van der Waals surface area contributed by atoms with Gasteiger partial charge in [0.15, 0.2) is 11.5 Å². The van der Waals surface area contributed by atoms with Crippen LogP contribution in [-0.4, -0.2) is 34.9 Å². The van der Waals surface area contributed by atoms with E-state index < -0.39 is 0 Å². The molecule has 0 heterocycles. The molecule has 1 aromatic carbocycles. The Bertz CT molecular complexity index is 420. The van der Waals surface area contributed by atoms with Crippen LogP contribution in [0.5, 0.6) is 17.2 Å². The van der Waals surface area contributed by atoms with Crippen LogP contribution in [0, 0.1) is 5.92 Å². The molecule has 4 heteroatoms. The summed E-state index contributed by atoms with van der Waals surface area (Å²) in [5, 5.41) is 3.22. The highest BCUT2D eigenvalue weighted by Gasteiger charge is 2.40. The molecule has 1 saturated carbocycles. The fourth-order valence-electron chi connectivity index (χ4n) is 2.53. The molecule has 0 aromatic heterocycles. The Hall–Kier alpha value is -1.42. The summed E-state index contributed by atoms with van der Waals surface area (Å²) in [6.45, 7) is 1.04. The maximum atomic E-state index is 5.51. The first-order valence-corrected chi connectivity index (χ1v) is 6.20. The fourth-order valence-corrected chi connectivity index (χ4v) is 2.53. The highest BCUT2D eigenvalue weighted by Crippen LogP contribution is 2.53. The molecule has 4 nitrogen and oxygen atoms in total. The third kappa shape index (κ3) is 2.25. The van der Waals surface area contributed by atoms with Crippen molar-refractivity contribution in [3.05, 3.63) is 17.7 Å². The largest absolute Gasteiger partial charge is 0.493 e. The van der Waals surface area contributed by atoms with Crippen molar-refractivity contribution in [2.45, 2.75) is 12.3 Å².